The third-order valence-corrected chi connectivity index (χ3v) is 4.35. The molecule has 0 aliphatic carbocycles. The van der Waals surface area contributed by atoms with Crippen molar-refractivity contribution in [3.05, 3.63) is 21.4 Å². The van der Waals surface area contributed by atoms with Crippen LogP contribution in [0.4, 0.5) is 0 Å². The summed E-state index contributed by atoms with van der Waals surface area (Å²) in [6.07, 6.45) is 1.20. The summed E-state index contributed by atoms with van der Waals surface area (Å²) in [6.45, 7) is 16.9. The molecule has 0 radical (unpaired) electrons. The van der Waals surface area contributed by atoms with Crippen LogP contribution in [0.15, 0.2) is 6.07 Å². The highest BCUT2D eigenvalue weighted by molar-refractivity contribution is 7.12. The van der Waals surface area contributed by atoms with Crippen LogP contribution in [0, 0.1) is 12.8 Å². The van der Waals surface area contributed by atoms with Crippen LogP contribution in [0.25, 0.3) is 0 Å². The Hall–Kier alpha value is -0.380. The Morgan fingerprint density at radius 1 is 1.32 bits per heavy atom. The lowest BCUT2D eigenvalue weighted by atomic mass is 10.1. The van der Waals surface area contributed by atoms with E-state index in [0.29, 0.717) is 0 Å². The van der Waals surface area contributed by atoms with Crippen molar-refractivity contribution in [1.82, 2.24) is 10.2 Å². The summed E-state index contributed by atoms with van der Waals surface area (Å²) < 4.78 is 0. The molecule has 110 valence electrons. The van der Waals surface area contributed by atoms with E-state index >= 15 is 0 Å². The van der Waals surface area contributed by atoms with Crippen LogP contribution in [0.3, 0.4) is 0 Å². The summed E-state index contributed by atoms with van der Waals surface area (Å²) in [5.74, 6) is 0.740. The highest BCUT2D eigenvalue weighted by atomic mass is 32.1. The number of hydrogen-bond donors (Lipinski definition) is 1. The molecule has 0 unspecified atom stereocenters. The zero-order valence-corrected chi connectivity index (χ0v) is 14.1. The summed E-state index contributed by atoms with van der Waals surface area (Å²) in [5, 5.41) is 3.49. The van der Waals surface area contributed by atoms with Crippen LogP contribution >= 0.6 is 11.3 Å². The SMILES string of the molecule is CCCNCc1cc(CN(CC)CC(C)C)c(C)s1. The Labute approximate surface area is 123 Å². The molecule has 0 saturated carbocycles. The highest BCUT2D eigenvalue weighted by Gasteiger charge is 2.10. The maximum atomic E-state index is 3.49. The second kappa shape index (κ2) is 8.72. The molecule has 2 nitrogen and oxygen atoms in total. The molecule has 1 N–H and O–H groups in total. The van der Waals surface area contributed by atoms with Crippen LogP contribution in [0.1, 0.15) is 49.4 Å². The van der Waals surface area contributed by atoms with Crippen molar-refractivity contribution in [2.45, 2.75) is 54.1 Å². The van der Waals surface area contributed by atoms with Gasteiger partial charge in [0.2, 0.25) is 0 Å². The second-order valence-electron chi connectivity index (χ2n) is 5.69. The van der Waals surface area contributed by atoms with Gasteiger partial charge >= 0.3 is 0 Å². The van der Waals surface area contributed by atoms with E-state index in [1.807, 2.05) is 11.3 Å². The summed E-state index contributed by atoms with van der Waals surface area (Å²) >= 11 is 1.95. The van der Waals surface area contributed by atoms with Crippen molar-refractivity contribution < 1.29 is 0 Å². The minimum Gasteiger partial charge on any atom is -0.312 e. The second-order valence-corrected chi connectivity index (χ2v) is 7.03. The standard InChI is InChI=1S/C16H30N2S/c1-6-8-17-10-16-9-15(14(5)19-16)12-18(7-2)11-13(3)4/h9,13,17H,6-8,10-12H2,1-5H3. The topological polar surface area (TPSA) is 15.3 Å². The van der Waals surface area contributed by atoms with Gasteiger partial charge in [0.15, 0.2) is 0 Å². The van der Waals surface area contributed by atoms with Crippen molar-refractivity contribution in [3.63, 3.8) is 0 Å². The molecule has 1 aromatic heterocycles. The molecule has 0 spiro atoms. The zero-order chi connectivity index (χ0) is 14.3. The molecule has 0 aliphatic rings. The van der Waals surface area contributed by atoms with E-state index in [-0.39, 0.29) is 0 Å². The van der Waals surface area contributed by atoms with Gasteiger partial charge in [0.1, 0.15) is 0 Å². The molecule has 0 bridgehead atoms. The van der Waals surface area contributed by atoms with Gasteiger partial charge in [-0.2, -0.15) is 0 Å². The van der Waals surface area contributed by atoms with Crippen molar-refractivity contribution in [1.29, 1.82) is 0 Å². The molecular formula is C16H30N2S. The van der Waals surface area contributed by atoms with Gasteiger partial charge in [-0.3, -0.25) is 4.90 Å². The smallest absolute Gasteiger partial charge is 0.0299 e. The molecule has 3 heteroatoms. The molecule has 0 saturated heterocycles. The van der Waals surface area contributed by atoms with Gasteiger partial charge in [0, 0.05) is 29.4 Å². The Morgan fingerprint density at radius 3 is 2.63 bits per heavy atom. The predicted octanol–water partition coefficient (Wildman–Crippen LogP) is 4.03. The monoisotopic (exact) mass is 282 g/mol. The highest BCUT2D eigenvalue weighted by Crippen LogP contribution is 2.23. The normalized spacial score (nSPS) is 11.7. The van der Waals surface area contributed by atoms with Crippen LogP contribution in [0.5, 0.6) is 0 Å². The number of rotatable bonds is 9. The minimum absolute atomic E-state index is 0.740. The number of hydrogen-bond acceptors (Lipinski definition) is 3. The Bertz CT molecular complexity index is 358. The average molecular weight is 282 g/mol. The summed E-state index contributed by atoms with van der Waals surface area (Å²) in [5.41, 5.74) is 1.51. The minimum atomic E-state index is 0.740. The maximum Gasteiger partial charge on any atom is 0.0299 e. The fourth-order valence-electron chi connectivity index (χ4n) is 2.28. The van der Waals surface area contributed by atoms with Crippen molar-refractivity contribution in [2.75, 3.05) is 19.6 Å². The van der Waals surface area contributed by atoms with E-state index < -0.39 is 0 Å². The van der Waals surface area contributed by atoms with Gasteiger partial charge in [-0.15, -0.1) is 11.3 Å². The Balaban J connectivity index is 2.57. The molecular weight excluding hydrogens is 252 g/mol. The first-order chi connectivity index (χ1) is 9.06. The van der Waals surface area contributed by atoms with E-state index in [2.05, 4.69) is 50.9 Å². The molecule has 19 heavy (non-hydrogen) atoms. The number of nitrogens with one attached hydrogen (secondary N) is 1. The first kappa shape index (κ1) is 16.7. The van der Waals surface area contributed by atoms with E-state index in [0.717, 1.165) is 32.1 Å². The van der Waals surface area contributed by atoms with Crippen molar-refractivity contribution >= 4 is 11.3 Å². The third-order valence-electron chi connectivity index (χ3n) is 3.26. The number of nitrogens with zero attached hydrogens (tertiary/aromatic N) is 1. The fourth-order valence-corrected chi connectivity index (χ4v) is 3.31. The third kappa shape index (κ3) is 6.07. The van der Waals surface area contributed by atoms with E-state index in [1.54, 1.807) is 0 Å². The van der Waals surface area contributed by atoms with Crippen molar-refractivity contribution in [2.24, 2.45) is 5.92 Å². The average Bonchev–Trinajstić information content (AvgIpc) is 2.69. The zero-order valence-electron chi connectivity index (χ0n) is 13.3. The lowest BCUT2D eigenvalue weighted by Gasteiger charge is -2.22. The number of thiophene rings is 1. The number of aryl methyl sites for hydroxylation is 1. The largest absolute Gasteiger partial charge is 0.312 e. The van der Waals surface area contributed by atoms with Crippen LogP contribution < -0.4 is 5.32 Å². The van der Waals surface area contributed by atoms with E-state index in [4.69, 9.17) is 0 Å². The van der Waals surface area contributed by atoms with E-state index in [9.17, 15) is 0 Å². The molecule has 0 amide bonds. The van der Waals surface area contributed by atoms with Gasteiger partial charge in [0.05, 0.1) is 0 Å². The first-order valence-electron chi connectivity index (χ1n) is 7.58. The predicted molar refractivity (Wildman–Crippen MR) is 86.8 cm³/mol. The Kier molecular flexibility index (Phi) is 7.66. The summed E-state index contributed by atoms with van der Waals surface area (Å²) in [4.78, 5) is 5.50. The van der Waals surface area contributed by atoms with Crippen molar-refractivity contribution in [3.8, 4) is 0 Å². The molecule has 0 aromatic carbocycles. The lowest BCUT2D eigenvalue weighted by molar-refractivity contribution is 0.248. The quantitative estimate of drug-likeness (QED) is 0.688. The van der Waals surface area contributed by atoms with Gasteiger partial charge in [-0.25, -0.2) is 0 Å². The first-order valence-corrected chi connectivity index (χ1v) is 8.39. The van der Waals surface area contributed by atoms with Gasteiger partial charge in [0.25, 0.3) is 0 Å². The molecule has 1 heterocycles. The summed E-state index contributed by atoms with van der Waals surface area (Å²) in [7, 11) is 0. The molecule has 1 aromatic rings. The van der Waals surface area contributed by atoms with Crippen LogP contribution in [-0.2, 0) is 13.1 Å². The Morgan fingerprint density at radius 2 is 2.05 bits per heavy atom. The fraction of sp³-hybridized carbons (Fsp3) is 0.750. The molecule has 1 rings (SSSR count). The lowest BCUT2D eigenvalue weighted by Crippen LogP contribution is -2.27. The van der Waals surface area contributed by atoms with Gasteiger partial charge < -0.3 is 5.32 Å². The van der Waals surface area contributed by atoms with Crippen LogP contribution in [-0.4, -0.2) is 24.5 Å². The van der Waals surface area contributed by atoms with Gasteiger partial charge in [-0.05, 0) is 44.0 Å². The van der Waals surface area contributed by atoms with Crippen LogP contribution in [0.2, 0.25) is 0 Å². The molecule has 0 fully saturated rings. The summed E-state index contributed by atoms with van der Waals surface area (Å²) in [6, 6.07) is 2.39. The molecule has 0 aliphatic heterocycles. The maximum absolute atomic E-state index is 3.49. The molecule has 0 atom stereocenters. The van der Waals surface area contributed by atoms with E-state index in [1.165, 1.54) is 28.3 Å². The van der Waals surface area contributed by atoms with Gasteiger partial charge in [-0.1, -0.05) is 27.7 Å².